The Bertz CT molecular complexity index is 830. The van der Waals surface area contributed by atoms with Crippen LogP contribution in [0.3, 0.4) is 0 Å². The second kappa shape index (κ2) is 8.10. The number of thiocarbonyl (C=S) groups is 1. The maximum absolute atomic E-state index is 12.7. The van der Waals surface area contributed by atoms with E-state index in [1.807, 2.05) is 24.3 Å². The fourth-order valence-corrected chi connectivity index (χ4v) is 6.02. The van der Waals surface area contributed by atoms with E-state index in [1.165, 1.54) is 16.7 Å². The van der Waals surface area contributed by atoms with Gasteiger partial charge in [-0.15, -0.1) is 0 Å². The Labute approximate surface area is 163 Å². The number of hydrogen-bond acceptors (Lipinski definition) is 6. The van der Waals surface area contributed by atoms with E-state index in [9.17, 15) is 13.2 Å². The topological polar surface area (TPSA) is 63.7 Å². The highest BCUT2D eigenvalue weighted by molar-refractivity contribution is 8.26. The van der Waals surface area contributed by atoms with Crippen LogP contribution in [-0.4, -0.2) is 47.7 Å². The lowest BCUT2D eigenvalue weighted by Crippen LogP contribution is -2.39. The summed E-state index contributed by atoms with van der Waals surface area (Å²) in [7, 11) is -3.07. The third-order valence-electron chi connectivity index (χ3n) is 4.34. The number of benzene rings is 1. The smallest absolute Gasteiger partial charge is 0.266 e. The first-order valence-electron chi connectivity index (χ1n) is 8.60. The number of sulfone groups is 1. The van der Waals surface area contributed by atoms with Crippen molar-refractivity contribution in [2.24, 2.45) is 0 Å². The number of hydrogen-bond donors (Lipinski definition) is 0. The summed E-state index contributed by atoms with van der Waals surface area (Å²) in [5.41, 5.74) is 0.882. The third kappa shape index (κ3) is 4.47. The molecule has 1 aromatic rings. The van der Waals surface area contributed by atoms with Crippen LogP contribution in [0.25, 0.3) is 6.08 Å². The average Bonchev–Trinajstić information content (AvgIpc) is 3.08. The molecular weight excluding hydrogens is 390 g/mol. The van der Waals surface area contributed by atoms with Gasteiger partial charge in [0.1, 0.15) is 10.1 Å². The molecule has 0 radical (unpaired) electrons. The van der Waals surface area contributed by atoms with Gasteiger partial charge in [-0.25, -0.2) is 8.42 Å². The minimum Gasteiger partial charge on any atom is -0.494 e. The zero-order chi connectivity index (χ0) is 18.7. The molecule has 0 aliphatic carbocycles. The van der Waals surface area contributed by atoms with Crippen molar-refractivity contribution in [1.29, 1.82) is 0 Å². The number of carbonyl (C=O) groups is 1. The van der Waals surface area contributed by atoms with Crippen molar-refractivity contribution >= 4 is 50.1 Å². The molecule has 0 N–H and O–H groups in total. The van der Waals surface area contributed by atoms with Crippen molar-refractivity contribution in [3.63, 3.8) is 0 Å². The molecule has 5 nitrogen and oxygen atoms in total. The quantitative estimate of drug-likeness (QED) is 0.407. The van der Waals surface area contributed by atoms with Crippen LogP contribution in [0.15, 0.2) is 29.2 Å². The number of amides is 1. The molecule has 0 spiro atoms. The second-order valence-corrected chi connectivity index (χ2v) is 10.3. The monoisotopic (exact) mass is 411 g/mol. The number of rotatable bonds is 6. The predicted molar refractivity (Wildman–Crippen MR) is 109 cm³/mol. The highest BCUT2D eigenvalue weighted by Gasteiger charge is 2.42. The summed E-state index contributed by atoms with van der Waals surface area (Å²) in [6.07, 6.45) is 4.34. The number of ether oxygens (including phenoxy) is 1. The van der Waals surface area contributed by atoms with Gasteiger partial charge in [-0.3, -0.25) is 9.69 Å². The maximum Gasteiger partial charge on any atom is 0.266 e. The standard InChI is InChI=1S/C18H21NO4S3/c1-2-3-9-23-15-6-4-13(5-7-15)11-16-17(20)19(18(24)25-16)14-8-10-26(21,22)12-14/h4-7,11,14H,2-3,8-10,12H2,1H3/b16-11-/t14-/m0/s1. The second-order valence-electron chi connectivity index (χ2n) is 6.38. The zero-order valence-electron chi connectivity index (χ0n) is 14.5. The number of thioether (sulfide) groups is 1. The van der Waals surface area contributed by atoms with Crippen LogP contribution >= 0.6 is 24.0 Å². The molecule has 2 heterocycles. The van der Waals surface area contributed by atoms with Gasteiger partial charge in [-0.1, -0.05) is 49.5 Å². The van der Waals surface area contributed by atoms with E-state index in [2.05, 4.69) is 6.92 Å². The molecule has 1 aromatic carbocycles. The fourth-order valence-electron chi connectivity index (χ4n) is 2.92. The van der Waals surface area contributed by atoms with Crippen molar-refractivity contribution in [3.05, 3.63) is 34.7 Å². The van der Waals surface area contributed by atoms with Crippen molar-refractivity contribution in [2.45, 2.75) is 32.2 Å². The van der Waals surface area contributed by atoms with Crippen molar-refractivity contribution in [2.75, 3.05) is 18.1 Å². The molecule has 0 unspecified atom stereocenters. The minimum absolute atomic E-state index is 0.00346. The minimum atomic E-state index is -3.07. The molecule has 2 aliphatic heterocycles. The lowest BCUT2D eigenvalue weighted by atomic mass is 10.2. The van der Waals surface area contributed by atoms with Crippen LogP contribution in [0.4, 0.5) is 0 Å². The molecule has 0 bridgehead atoms. The first-order chi connectivity index (χ1) is 12.4. The van der Waals surface area contributed by atoms with Gasteiger partial charge in [-0.05, 0) is 36.6 Å². The summed E-state index contributed by atoms with van der Waals surface area (Å²) >= 11 is 6.54. The van der Waals surface area contributed by atoms with Gasteiger partial charge >= 0.3 is 0 Å². The van der Waals surface area contributed by atoms with Gasteiger partial charge in [0.15, 0.2) is 9.84 Å². The lowest BCUT2D eigenvalue weighted by molar-refractivity contribution is -0.123. The largest absolute Gasteiger partial charge is 0.494 e. The molecule has 8 heteroatoms. The highest BCUT2D eigenvalue weighted by Crippen LogP contribution is 2.36. The lowest BCUT2D eigenvalue weighted by Gasteiger charge is -2.20. The molecule has 2 aliphatic rings. The number of nitrogens with zero attached hydrogens (tertiary/aromatic N) is 1. The van der Waals surface area contributed by atoms with Gasteiger partial charge in [-0.2, -0.15) is 0 Å². The van der Waals surface area contributed by atoms with Crippen LogP contribution in [-0.2, 0) is 14.6 Å². The maximum atomic E-state index is 12.7. The fraction of sp³-hybridized carbons (Fsp3) is 0.444. The van der Waals surface area contributed by atoms with Gasteiger partial charge in [0, 0.05) is 0 Å². The van der Waals surface area contributed by atoms with E-state index < -0.39 is 9.84 Å². The number of carbonyl (C=O) groups excluding carboxylic acids is 1. The Morgan fingerprint density at radius 3 is 2.69 bits per heavy atom. The van der Waals surface area contributed by atoms with Crippen molar-refractivity contribution < 1.29 is 17.9 Å². The molecule has 140 valence electrons. The summed E-state index contributed by atoms with van der Waals surface area (Å²) in [4.78, 5) is 14.7. The van der Waals surface area contributed by atoms with Gasteiger partial charge < -0.3 is 4.74 Å². The van der Waals surface area contributed by atoms with Gasteiger partial charge in [0.2, 0.25) is 0 Å². The molecular formula is C18H21NO4S3. The van der Waals surface area contributed by atoms with E-state index in [1.54, 1.807) is 6.08 Å². The number of unbranched alkanes of at least 4 members (excludes halogenated alkanes) is 1. The van der Waals surface area contributed by atoms with Crippen LogP contribution in [0.2, 0.25) is 0 Å². The molecule has 2 fully saturated rings. The van der Waals surface area contributed by atoms with Gasteiger partial charge in [0.25, 0.3) is 5.91 Å². The molecule has 1 atom stereocenters. The Morgan fingerprint density at radius 1 is 1.35 bits per heavy atom. The summed E-state index contributed by atoms with van der Waals surface area (Å²) in [6.45, 7) is 2.81. The van der Waals surface area contributed by atoms with Crippen LogP contribution in [0.5, 0.6) is 5.75 Å². The Kier molecular flexibility index (Phi) is 6.04. The van der Waals surface area contributed by atoms with E-state index in [-0.39, 0.29) is 23.5 Å². The average molecular weight is 412 g/mol. The SMILES string of the molecule is CCCCOc1ccc(/C=C2\SC(=S)N([C@H]3CCS(=O)(=O)C3)C2=O)cc1. The Balaban J connectivity index is 1.70. The normalized spacial score (nSPS) is 23.8. The van der Waals surface area contributed by atoms with Crippen molar-refractivity contribution in [1.82, 2.24) is 4.90 Å². The summed E-state index contributed by atoms with van der Waals surface area (Å²) < 4.78 is 29.5. The Morgan fingerprint density at radius 2 is 2.08 bits per heavy atom. The summed E-state index contributed by atoms with van der Waals surface area (Å²) in [5, 5.41) is 0. The van der Waals surface area contributed by atoms with E-state index >= 15 is 0 Å². The van der Waals surface area contributed by atoms with E-state index in [0.717, 1.165) is 24.2 Å². The van der Waals surface area contributed by atoms with Crippen LogP contribution in [0.1, 0.15) is 31.7 Å². The predicted octanol–water partition coefficient (Wildman–Crippen LogP) is 3.25. The van der Waals surface area contributed by atoms with E-state index in [0.29, 0.717) is 22.3 Å². The molecule has 2 saturated heterocycles. The van der Waals surface area contributed by atoms with Crippen LogP contribution in [0, 0.1) is 0 Å². The van der Waals surface area contributed by atoms with Crippen molar-refractivity contribution in [3.8, 4) is 5.75 Å². The molecule has 1 amide bonds. The molecule has 0 saturated carbocycles. The van der Waals surface area contributed by atoms with Crippen LogP contribution < -0.4 is 4.74 Å². The Hall–Kier alpha value is -1.38. The first-order valence-corrected chi connectivity index (χ1v) is 11.6. The third-order valence-corrected chi connectivity index (χ3v) is 7.42. The zero-order valence-corrected chi connectivity index (χ0v) is 17.0. The first kappa shape index (κ1) is 19.4. The van der Waals surface area contributed by atoms with Gasteiger partial charge in [0.05, 0.1) is 29.1 Å². The van der Waals surface area contributed by atoms with E-state index in [4.69, 9.17) is 17.0 Å². The summed E-state index contributed by atoms with van der Waals surface area (Å²) in [5.74, 6) is 0.716. The molecule has 3 rings (SSSR count). The molecule has 0 aromatic heterocycles. The highest BCUT2D eigenvalue weighted by atomic mass is 32.2. The molecule has 26 heavy (non-hydrogen) atoms. The summed E-state index contributed by atoms with van der Waals surface area (Å²) in [6, 6.07) is 7.21.